The second-order valence-corrected chi connectivity index (χ2v) is 4.13. The lowest BCUT2D eigenvalue weighted by atomic mass is 10.0. The summed E-state index contributed by atoms with van der Waals surface area (Å²) in [7, 11) is 1.69. The van der Waals surface area contributed by atoms with E-state index in [0.29, 0.717) is 19.1 Å². The van der Waals surface area contributed by atoms with Crippen molar-refractivity contribution in [2.24, 2.45) is 10.7 Å². The molecule has 1 aliphatic heterocycles. The van der Waals surface area contributed by atoms with Gasteiger partial charge >= 0.3 is 0 Å². The van der Waals surface area contributed by atoms with Crippen molar-refractivity contribution in [3.8, 4) is 0 Å². The highest BCUT2D eigenvalue weighted by atomic mass is 16.5. The van der Waals surface area contributed by atoms with Gasteiger partial charge in [0, 0.05) is 26.0 Å². The van der Waals surface area contributed by atoms with E-state index in [-0.39, 0.29) is 6.04 Å². The summed E-state index contributed by atoms with van der Waals surface area (Å²) in [5.41, 5.74) is 8.31. The third-order valence-electron chi connectivity index (χ3n) is 3.07. The average Bonchev–Trinajstić information content (AvgIpc) is 2.69. The van der Waals surface area contributed by atoms with Crippen LogP contribution in [-0.4, -0.2) is 42.6 Å². The van der Waals surface area contributed by atoms with Crippen LogP contribution < -0.4 is 5.73 Å². The zero-order valence-electron chi connectivity index (χ0n) is 10.3. The second kappa shape index (κ2) is 5.14. The molecular weight excluding hydrogens is 216 g/mol. The minimum Gasteiger partial charge on any atom is -0.383 e. The summed E-state index contributed by atoms with van der Waals surface area (Å²) in [6.07, 6.45) is 3.70. The van der Waals surface area contributed by atoms with Crippen molar-refractivity contribution in [3.05, 3.63) is 29.6 Å². The second-order valence-electron chi connectivity index (χ2n) is 4.13. The third-order valence-corrected chi connectivity index (χ3v) is 3.07. The van der Waals surface area contributed by atoms with Crippen molar-refractivity contribution in [2.45, 2.75) is 13.0 Å². The summed E-state index contributed by atoms with van der Waals surface area (Å²) >= 11 is 0. The lowest BCUT2D eigenvalue weighted by Gasteiger charge is -2.26. The first-order valence-corrected chi connectivity index (χ1v) is 5.70. The monoisotopic (exact) mass is 234 g/mol. The molecule has 0 saturated heterocycles. The lowest BCUT2D eigenvalue weighted by Crippen LogP contribution is -2.38. The number of ether oxygens (including phenoxy) is 1. The van der Waals surface area contributed by atoms with Crippen LogP contribution in [-0.2, 0) is 4.74 Å². The Balaban J connectivity index is 2.18. The topological polar surface area (TPSA) is 63.7 Å². The van der Waals surface area contributed by atoms with Crippen molar-refractivity contribution in [2.75, 3.05) is 26.8 Å². The number of pyridine rings is 1. The number of hydrogen-bond donors (Lipinski definition) is 1. The maximum atomic E-state index is 5.90. The van der Waals surface area contributed by atoms with Crippen LogP contribution in [0.4, 0.5) is 0 Å². The average molecular weight is 234 g/mol. The van der Waals surface area contributed by atoms with Crippen molar-refractivity contribution in [1.29, 1.82) is 0 Å². The molecule has 0 spiro atoms. The van der Waals surface area contributed by atoms with Crippen molar-refractivity contribution >= 4 is 5.96 Å². The van der Waals surface area contributed by atoms with Gasteiger partial charge in [-0.05, 0) is 24.1 Å². The van der Waals surface area contributed by atoms with Crippen LogP contribution in [0, 0.1) is 6.92 Å². The maximum Gasteiger partial charge on any atom is 0.192 e. The molecule has 0 bridgehead atoms. The summed E-state index contributed by atoms with van der Waals surface area (Å²) in [4.78, 5) is 10.6. The van der Waals surface area contributed by atoms with Crippen LogP contribution in [0.1, 0.15) is 17.2 Å². The molecule has 5 heteroatoms. The molecule has 0 aliphatic carbocycles. The molecule has 1 aromatic heterocycles. The molecule has 0 saturated carbocycles. The molecular formula is C12H18N4O. The van der Waals surface area contributed by atoms with Crippen LogP contribution >= 0.6 is 0 Å². The summed E-state index contributed by atoms with van der Waals surface area (Å²) in [5.74, 6) is 0.593. The van der Waals surface area contributed by atoms with E-state index >= 15 is 0 Å². The number of guanidine groups is 1. The van der Waals surface area contributed by atoms with Crippen molar-refractivity contribution < 1.29 is 4.74 Å². The van der Waals surface area contributed by atoms with E-state index in [2.05, 4.69) is 21.8 Å². The fourth-order valence-corrected chi connectivity index (χ4v) is 2.08. The minimum atomic E-state index is 0.193. The highest BCUT2D eigenvalue weighted by Gasteiger charge is 2.28. The van der Waals surface area contributed by atoms with Gasteiger partial charge in [-0.3, -0.25) is 9.98 Å². The number of hydrogen-bond acceptors (Lipinski definition) is 5. The number of nitrogens with zero attached hydrogens (tertiary/aromatic N) is 3. The minimum absolute atomic E-state index is 0.193. The van der Waals surface area contributed by atoms with Crippen molar-refractivity contribution in [1.82, 2.24) is 9.88 Å². The molecule has 0 aromatic carbocycles. The highest BCUT2D eigenvalue weighted by Crippen LogP contribution is 2.26. The predicted octanol–water partition coefficient (Wildman–Crippen LogP) is 0.708. The number of rotatable bonds is 4. The Labute approximate surface area is 101 Å². The van der Waals surface area contributed by atoms with E-state index in [4.69, 9.17) is 10.5 Å². The smallest absolute Gasteiger partial charge is 0.192 e. The molecule has 0 amide bonds. The Morgan fingerprint density at radius 2 is 2.41 bits per heavy atom. The molecule has 2 rings (SSSR count). The number of methoxy groups -OCH3 is 1. The van der Waals surface area contributed by atoms with Gasteiger partial charge in [0.15, 0.2) is 5.96 Å². The summed E-state index contributed by atoms with van der Waals surface area (Å²) in [5, 5.41) is 0. The number of aliphatic imine (C=N–C) groups is 1. The SMILES string of the molecule is COCCN1C(N)=NCC1c1cnccc1C. The van der Waals surface area contributed by atoms with Gasteiger partial charge in [0.1, 0.15) is 0 Å². The quantitative estimate of drug-likeness (QED) is 0.833. The van der Waals surface area contributed by atoms with Crippen LogP contribution in [0.2, 0.25) is 0 Å². The van der Waals surface area contributed by atoms with E-state index < -0.39 is 0 Å². The van der Waals surface area contributed by atoms with E-state index in [1.54, 1.807) is 13.3 Å². The van der Waals surface area contributed by atoms with Crippen LogP contribution in [0.5, 0.6) is 0 Å². The zero-order chi connectivity index (χ0) is 12.3. The first-order valence-electron chi connectivity index (χ1n) is 5.70. The summed E-state index contributed by atoms with van der Waals surface area (Å²) in [6.45, 7) is 4.18. The first-order chi connectivity index (χ1) is 8.24. The Kier molecular flexibility index (Phi) is 3.58. The Hall–Kier alpha value is -1.62. The van der Waals surface area contributed by atoms with Gasteiger partial charge in [-0.1, -0.05) is 0 Å². The molecule has 17 heavy (non-hydrogen) atoms. The predicted molar refractivity (Wildman–Crippen MR) is 66.8 cm³/mol. The van der Waals surface area contributed by atoms with Crippen LogP contribution in [0.15, 0.2) is 23.5 Å². The number of aromatic nitrogens is 1. The summed E-state index contributed by atoms with van der Waals surface area (Å²) in [6, 6.07) is 2.21. The molecule has 2 heterocycles. The standard InChI is InChI=1S/C12H18N4O/c1-9-3-4-14-7-10(9)11-8-15-12(13)16(11)5-6-17-2/h3-4,7,11H,5-6,8H2,1-2H3,(H2,13,15). The van der Waals surface area contributed by atoms with Crippen molar-refractivity contribution in [3.63, 3.8) is 0 Å². The summed E-state index contributed by atoms with van der Waals surface area (Å²) < 4.78 is 5.10. The molecule has 2 N–H and O–H groups in total. The van der Waals surface area contributed by atoms with Crippen LogP contribution in [0.25, 0.3) is 0 Å². The Bertz CT molecular complexity index is 419. The van der Waals surface area contributed by atoms with E-state index in [0.717, 1.165) is 6.54 Å². The van der Waals surface area contributed by atoms with E-state index in [1.807, 2.05) is 12.3 Å². The number of aryl methyl sites for hydroxylation is 1. The van der Waals surface area contributed by atoms with Gasteiger partial charge in [0.25, 0.3) is 0 Å². The largest absolute Gasteiger partial charge is 0.383 e. The van der Waals surface area contributed by atoms with Crippen LogP contribution in [0.3, 0.4) is 0 Å². The first kappa shape index (κ1) is 11.9. The molecule has 1 aliphatic rings. The van der Waals surface area contributed by atoms with Gasteiger partial charge < -0.3 is 15.4 Å². The highest BCUT2D eigenvalue weighted by molar-refractivity contribution is 5.80. The van der Waals surface area contributed by atoms with Gasteiger partial charge in [-0.25, -0.2) is 0 Å². The molecule has 1 aromatic rings. The molecule has 1 atom stereocenters. The van der Waals surface area contributed by atoms with Gasteiger partial charge in [-0.2, -0.15) is 0 Å². The normalized spacial score (nSPS) is 19.5. The van der Waals surface area contributed by atoms with Gasteiger partial charge in [0.2, 0.25) is 0 Å². The van der Waals surface area contributed by atoms with E-state index in [1.165, 1.54) is 11.1 Å². The van der Waals surface area contributed by atoms with E-state index in [9.17, 15) is 0 Å². The Morgan fingerprint density at radius 1 is 1.59 bits per heavy atom. The molecule has 1 unspecified atom stereocenters. The maximum absolute atomic E-state index is 5.90. The van der Waals surface area contributed by atoms with Gasteiger partial charge in [0.05, 0.1) is 19.2 Å². The lowest BCUT2D eigenvalue weighted by molar-refractivity contribution is 0.166. The number of nitrogens with two attached hydrogens (primary N) is 1. The van der Waals surface area contributed by atoms with Gasteiger partial charge in [-0.15, -0.1) is 0 Å². The Morgan fingerprint density at radius 3 is 3.12 bits per heavy atom. The fraction of sp³-hybridized carbons (Fsp3) is 0.500. The molecule has 0 radical (unpaired) electrons. The molecule has 92 valence electrons. The molecule has 5 nitrogen and oxygen atoms in total. The fourth-order valence-electron chi connectivity index (χ4n) is 2.08. The zero-order valence-corrected chi connectivity index (χ0v) is 10.3. The molecule has 0 fully saturated rings. The third kappa shape index (κ3) is 2.39.